The van der Waals surface area contributed by atoms with E-state index in [4.69, 9.17) is 0 Å². The van der Waals surface area contributed by atoms with Crippen molar-refractivity contribution < 1.29 is 39.3 Å². The Morgan fingerprint density at radius 1 is 0.974 bits per heavy atom. The number of carboxylic acid groups (broad SMARTS) is 1. The first kappa shape index (κ1) is 28.8. The molecule has 0 saturated heterocycles. The fraction of sp³-hybridized carbons (Fsp3) is 0.767. The molecule has 3 N–H and O–H groups in total. The lowest BCUT2D eigenvalue weighted by Gasteiger charge is -2.61. The van der Waals surface area contributed by atoms with Crippen molar-refractivity contribution in [2.45, 2.75) is 99.2 Å². The van der Waals surface area contributed by atoms with Gasteiger partial charge in [-0.2, -0.15) is 0 Å². The molecule has 0 aromatic heterocycles. The second-order valence-electron chi connectivity index (χ2n) is 13.7. The summed E-state index contributed by atoms with van der Waals surface area (Å²) in [6, 6.07) is 0. The van der Waals surface area contributed by atoms with Crippen LogP contribution in [0.4, 0.5) is 0 Å². The van der Waals surface area contributed by atoms with Crippen LogP contribution in [-0.2, 0) is 24.0 Å². The van der Waals surface area contributed by atoms with Crippen molar-refractivity contribution in [2.24, 2.45) is 45.3 Å². The van der Waals surface area contributed by atoms with E-state index in [2.05, 4.69) is 0 Å². The Morgan fingerprint density at radius 2 is 1.58 bits per heavy atom. The van der Waals surface area contributed by atoms with Gasteiger partial charge in [-0.1, -0.05) is 41.5 Å². The summed E-state index contributed by atoms with van der Waals surface area (Å²) in [7, 11) is 0. The average molecular weight is 531 g/mol. The normalized spacial score (nSPS) is 41.8. The highest BCUT2D eigenvalue weighted by atomic mass is 16.4. The van der Waals surface area contributed by atoms with E-state index < -0.39 is 57.5 Å². The smallest absolute Gasteiger partial charge is 0.306 e. The van der Waals surface area contributed by atoms with Gasteiger partial charge in [0.2, 0.25) is 0 Å². The molecule has 0 radical (unpaired) electrons. The second kappa shape index (κ2) is 8.91. The lowest BCUT2D eigenvalue weighted by Crippen LogP contribution is -2.64. The Balaban J connectivity index is 1.80. The molecular weight excluding hydrogens is 488 g/mol. The van der Waals surface area contributed by atoms with Crippen molar-refractivity contribution >= 4 is 29.1 Å². The van der Waals surface area contributed by atoms with Gasteiger partial charge in [-0.3, -0.25) is 24.0 Å². The van der Waals surface area contributed by atoms with Crippen molar-refractivity contribution in [1.82, 2.24) is 0 Å². The summed E-state index contributed by atoms with van der Waals surface area (Å²) in [6.07, 6.45) is -1.71. The minimum absolute atomic E-state index is 0.0344. The highest BCUT2D eigenvalue weighted by Crippen LogP contribution is 2.70. The van der Waals surface area contributed by atoms with Crippen molar-refractivity contribution in [3.63, 3.8) is 0 Å². The van der Waals surface area contributed by atoms with Crippen LogP contribution in [0.25, 0.3) is 0 Å². The molecule has 0 amide bonds. The molecule has 0 heterocycles. The highest BCUT2D eigenvalue weighted by molar-refractivity contribution is 6.08. The minimum Gasteiger partial charge on any atom is -0.481 e. The Labute approximate surface area is 224 Å². The van der Waals surface area contributed by atoms with Crippen molar-refractivity contribution in [3.8, 4) is 0 Å². The molecule has 2 saturated carbocycles. The summed E-state index contributed by atoms with van der Waals surface area (Å²) < 4.78 is 0. The molecule has 4 aliphatic carbocycles. The molecule has 8 heteroatoms. The molecule has 0 bridgehead atoms. The highest BCUT2D eigenvalue weighted by Gasteiger charge is 2.73. The van der Waals surface area contributed by atoms with E-state index in [0.29, 0.717) is 17.6 Å². The SMILES string of the molecule is CC(CC(=O)C[C@@H](C)[C@H]1CC(=O)[C@@]2(C)C3=C(C(=O)[C@@H](O)[C@]12C)[C@@]1(C)CCC(=O)C(C)(C)[C@@H]1C[C@@H]3O)C(=O)O. The van der Waals surface area contributed by atoms with Crippen molar-refractivity contribution in [3.05, 3.63) is 11.1 Å². The summed E-state index contributed by atoms with van der Waals surface area (Å²) in [6.45, 7) is 12.4. The lowest BCUT2D eigenvalue weighted by molar-refractivity contribution is -0.158. The van der Waals surface area contributed by atoms with Gasteiger partial charge in [0.1, 0.15) is 23.5 Å². The summed E-state index contributed by atoms with van der Waals surface area (Å²) in [5, 5.41) is 32.5. The van der Waals surface area contributed by atoms with Crippen LogP contribution in [0.1, 0.15) is 87.0 Å². The van der Waals surface area contributed by atoms with Gasteiger partial charge in [0.25, 0.3) is 0 Å². The number of hydrogen-bond acceptors (Lipinski definition) is 7. The van der Waals surface area contributed by atoms with E-state index in [1.54, 1.807) is 13.8 Å². The molecule has 0 aromatic carbocycles. The number of fused-ring (bicyclic) bond motifs is 4. The summed E-state index contributed by atoms with van der Waals surface area (Å²) in [5.41, 5.74) is -3.37. The first-order valence-corrected chi connectivity index (χ1v) is 13.8. The van der Waals surface area contributed by atoms with Gasteiger partial charge in [0.15, 0.2) is 5.78 Å². The third kappa shape index (κ3) is 3.58. The fourth-order valence-corrected chi connectivity index (χ4v) is 8.95. The Kier molecular flexibility index (Phi) is 6.76. The number of rotatable bonds is 6. The van der Waals surface area contributed by atoms with Crippen LogP contribution in [0.15, 0.2) is 11.1 Å². The van der Waals surface area contributed by atoms with E-state index in [-0.39, 0.29) is 61.3 Å². The first-order valence-electron chi connectivity index (χ1n) is 13.8. The van der Waals surface area contributed by atoms with E-state index in [1.807, 2.05) is 27.7 Å². The molecule has 4 rings (SSSR count). The number of carbonyl (C=O) groups excluding carboxylic acids is 4. The van der Waals surface area contributed by atoms with Crippen molar-refractivity contribution in [1.29, 1.82) is 0 Å². The number of aliphatic hydroxyl groups is 2. The maximum absolute atomic E-state index is 14.1. The molecule has 0 aliphatic heterocycles. The van der Waals surface area contributed by atoms with Crippen LogP contribution in [0, 0.1) is 45.3 Å². The molecule has 4 aliphatic rings. The van der Waals surface area contributed by atoms with Crippen LogP contribution < -0.4 is 0 Å². The maximum atomic E-state index is 14.1. The number of aliphatic hydroxyl groups excluding tert-OH is 2. The van der Waals surface area contributed by atoms with Crippen LogP contribution in [0.2, 0.25) is 0 Å². The maximum Gasteiger partial charge on any atom is 0.306 e. The number of carbonyl (C=O) groups is 5. The molecule has 0 spiro atoms. The summed E-state index contributed by atoms with van der Waals surface area (Å²) >= 11 is 0. The third-order valence-electron chi connectivity index (χ3n) is 11.5. The summed E-state index contributed by atoms with van der Waals surface area (Å²) in [4.78, 5) is 64.8. The van der Waals surface area contributed by atoms with E-state index in [1.165, 1.54) is 6.92 Å². The predicted octanol–water partition coefficient (Wildman–Crippen LogP) is 3.31. The molecule has 38 heavy (non-hydrogen) atoms. The van der Waals surface area contributed by atoms with Gasteiger partial charge >= 0.3 is 5.97 Å². The van der Waals surface area contributed by atoms with Crippen LogP contribution in [0.3, 0.4) is 0 Å². The molecule has 0 aromatic rings. The van der Waals surface area contributed by atoms with E-state index >= 15 is 0 Å². The van der Waals surface area contributed by atoms with Gasteiger partial charge < -0.3 is 15.3 Å². The molecule has 8 nitrogen and oxygen atoms in total. The standard InChI is InChI=1S/C30H42O8/c1-14(10-16(31)11-15(2)26(37)38)17-12-21(34)30(7)22-18(32)13-19-27(3,4)20(33)8-9-28(19,5)23(22)24(35)25(36)29(17,30)6/h14-15,17-19,25,32,36H,8-13H2,1-7H3,(H,37,38)/t14-,15?,17-,18+,19+,25-,28+,29+,30+/m1/s1. The van der Waals surface area contributed by atoms with E-state index in [0.717, 1.165) is 0 Å². The Morgan fingerprint density at radius 3 is 2.16 bits per heavy atom. The zero-order valence-corrected chi connectivity index (χ0v) is 23.6. The minimum atomic E-state index is -1.51. The second-order valence-corrected chi connectivity index (χ2v) is 13.7. The largest absolute Gasteiger partial charge is 0.481 e. The van der Waals surface area contributed by atoms with Crippen LogP contribution >= 0.6 is 0 Å². The Hall–Kier alpha value is -2.19. The van der Waals surface area contributed by atoms with Gasteiger partial charge in [0.05, 0.1) is 17.4 Å². The van der Waals surface area contributed by atoms with Gasteiger partial charge in [0, 0.05) is 47.5 Å². The average Bonchev–Trinajstić information content (AvgIpc) is 3.03. The topological polar surface area (TPSA) is 146 Å². The van der Waals surface area contributed by atoms with E-state index in [9.17, 15) is 39.3 Å². The van der Waals surface area contributed by atoms with Crippen molar-refractivity contribution in [2.75, 3.05) is 0 Å². The van der Waals surface area contributed by atoms with Gasteiger partial charge in [-0.05, 0) is 43.1 Å². The quantitative estimate of drug-likeness (QED) is 0.474. The fourth-order valence-electron chi connectivity index (χ4n) is 8.95. The zero-order chi connectivity index (χ0) is 28.7. The Bertz CT molecular complexity index is 1150. The number of ketones is 4. The number of Topliss-reactive ketones (excluding diaryl/α,β-unsaturated/α-hetero) is 4. The van der Waals surface area contributed by atoms with Crippen LogP contribution in [0.5, 0.6) is 0 Å². The third-order valence-corrected chi connectivity index (χ3v) is 11.5. The number of hydrogen-bond donors (Lipinski definition) is 3. The zero-order valence-electron chi connectivity index (χ0n) is 23.6. The predicted molar refractivity (Wildman–Crippen MR) is 138 cm³/mol. The van der Waals surface area contributed by atoms with Crippen LogP contribution in [-0.4, -0.2) is 56.6 Å². The molecular formula is C30H42O8. The monoisotopic (exact) mass is 530 g/mol. The molecule has 210 valence electrons. The molecule has 2 fully saturated rings. The number of carboxylic acids is 1. The number of aliphatic carboxylic acids is 1. The lowest BCUT2D eigenvalue weighted by atomic mass is 9.42. The first-order chi connectivity index (χ1) is 17.4. The molecule has 1 unspecified atom stereocenters. The molecule has 9 atom stereocenters. The summed E-state index contributed by atoms with van der Waals surface area (Å²) in [5.74, 6) is -3.91. The van der Waals surface area contributed by atoms with Gasteiger partial charge in [-0.15, -0.1) is 0 Å². The van der Waals surface area contributed by atoms with Gasteiger partial charge in [-0.25, -0.2) is 0 Å².